The van der Waals surface area contributed by atoms with Crippen LogP contribution in [0.4, 0.5) is 5.13 Å². The van der Waals surface area contributed by atoms with Crippen molar-refractivity contribution in [3.8, 4) is 6.07 Å². The average Bonchev–Trinajstić information content (AvgIpc) is 3.34. The fourth-order valence-electron chi connectivity index (χ4n) is 3.12. The number of nitrogens with one attached hydrogen (secondary N) is 1. The lowest BCUT2D eigenvalue weighted by molar-refractivity contribution is -0.123. The molecule has 0 aromatic carbocycles. The maximum atomic E-state index is 12.3. The van der Waals surface area contributed by atoms with Crippen LogP contribution in [0.3, 0.4) is 0 Å². The summed E-state index contributed by atoms with van der Waals surface area (Å²) in [5, 5.41) is 13.4. The molecule has 1 aliphatic heterocycles. The number of amides is 1. The van der Waals surface area contributed by atoms with Gasteiger partial charge in [-0.05, 0) is 32.1 Å². The van der Waals surface area contributed by atoms with Gasteiger partial charge in [0.15, 0.2) is 5.13 Å². The zero-order chi connectivity index (χ0) is 17.2. The number of carbonyl (C=O) groups excluding carboxylic acids is 1. The molecule has 1 unspecified atom stereocenters. The summed E-state index contributed by atoms with van der Waals surface area (Å²) in [6, 6.07) is 2.28. The molecule has 0 bridgehead atoms. The third-order valence-corrected chi connectivity index (χ3v) is 6.13. The summed E-state index contributed by atoms with van der Waals surface area (Å²) in [6.45, 7) is 7.83. The third kappa shape index (κ3) is 3.87. The molecule has 1 aromatic rings. The highest BCUT2D eigenvalue weighted by Gasteiger charge is 2.43. The molecule has 1 aliphatic carbocycles. The summed E-state index contributed by atoms with van der Waals surface area (Å²) < 4.78 is 0. The number of carbonyl (C=O) groups is 1. The molecule has 24 heavy (non-hydrogen) atoms. The van der Waals surface area contributed by atoms with Gasteiger partial charge in [-0.1, -0.05) is 6.92 Å². The number of rotatable bonds is 6. The van der Waals surface area contributed by atoms with E-state index in [2.05, 4.69) is 33.1 Å². The number of hydrogen-bond donors (Lipinski definition) is 1. The Morgan fingerprint density at radius 3 is 2.71 bits per heavy atom. The molecular formula is C17H25N5OS. The summed E-state index contributed by atoms with van der Waals surface area (Å²) in [5.41, 5.74) is -0.698. The van der Waals surface area contributed by atoms with E-state index in [4.69, 9.17) is 0 Å². The molecule has 1 saturated heterocycles. The van der Waals surface area contributed by atoms with Crippen LogP contribution in [0.5, 0.6) is 0 Å². The second-order valence-corrected chi connectivity index (χ2v) is 7.96. The van der Waals surface area contributed by atoms with Gasteiger partial charge in [-0.2, -0.15) is 5.26 Å². The summed E-state index contributed by atoms with van der Waals surface area (Å²) in [4.78, 5) is 22.5. The van der Waals surface area contributed by atoms with Crippen LogP contribution < -0.4 is 10.2 Å². The summed E-state index contributed by atoms with van der Waals surface area (Å²) in [5.74, 6) is 0.280. The molecule has 1 aromatic heterocycles. The highest BCUT2D eigenvalue weighted by atomic mass is 32.1. The maximum absolute atomic E-state index is 12.3. The minimum absolute atomic E-state index is 0.0399. The predicted molar refractivity (Wildman–Crippen MR) is 95.0 cm³/mol. The van der Waals surface area contributed by atoms with Gasteiger partial charge in [0.25, 0.3) is 0 Å². The van der Waals surface area contributed by atoms with Crippen LogP contribution in [-0.4, -0.2) is 54.1 Å². The van der Waals surface area contributed by atoms with Crippen LogP contribution in [0.1, 0.15) is 31.6 Å². The first-order valence-corrected chi connectivity index (χ1v) is 9.50. The Morgan fingerprint density at radius 1 is 1.46 bits per heavy atom. The van der Waals surface area contributed by atoms with Crippen molar-refractivity contribution in [3.63, 3.8) is 0 Å². The van der Waals surface area contributed by atoms with E-state index in [0.717, 1.165) is 50.6 Å². The fourth-order valence-corrected chi connectivity index (χ4v) is 4.02. The third-order valence-electron chi connectivity index (χ3n) is 4.93. The maximum Gasteiger partial charge on any atom is 0.235 e. The Balaban J connectivity index is 1.46. The monoisotopic (exact) mass is 347 g/mol. The lowest BCUT2D eigenvalue weighted by Crippen LogP contribution is -2.53. The van der Waals surface area contributed by atoms with Gasteiger partial charge < -0.3 is 10.2 Å². The minimum atomic E-state index is -0.698. The first-order valence-electron chi connectivity index (χ1n) is 8.68. The Bertz CT molecular complexity index is 627. The van der Waals surface area contributed by atoms with Crippen molar-refractivity contribution in [2.45, 2.75) is 38.6 Å². The van der Waals surface area contributed by atoms with Crippen molar-refractivity contribution in [1.29, 1.82) is 5.26 Å². The van der Waals surface area contributed by atoms with E-state index in [0.29, 0.717) is 12.5 Å². The van der Waals surface area contributed by atoms with Crippen LogP contribution in [0.2, 0.25) is 0 Å². The molecule has 1 amide bonds. The molecule has 2 heterocycles. The number of nitrogens with zero attached hydrogens (tertiary/aromatic N) is 4. The fraction of sp³-hybridized carbons (Fsp3) is 0.706. The molecular weight excluding hydrogens is 322 g/mol. The lowest BCUT2D eigenvalue weighted by Gasteiger charge is -2.34. The lowest BCUT2D eigenvalue weighted by atomic mass is 9.98. The first kappa shape index (κ1) is 17.2. The van der Waals surface area contributed by atoms with E-state index in [1.54, 1.807) is 11.3 Å². The van der Waals surface area contributed by atoms with Crippen molar-refractivity contribution in [2.24, 2.45) is 5.92 Å². The molecule has 1 saturated carbocycles. The van der Waals surface area contributed by atoms with Gasteiger partial charge in [0.1, 0.15) is 5.54 Å². The zero-order valence-corrected chi connectivity index (χ0v) is 15.2. The number of aromatic nitrogens is 1. The van der Waals surface area contributed by atoms with Crippen molar-refractivity contribution in [3.05, 3.63) is 11.1 Å². The van der Waals surface area contributed by atoms with E-state index in [-0.39, 0.29) is 5.91 Å². The molecule has 3 rings (SSSR count). The van der Waals surface area contributed by atoms with Gasteiger partial charge in [-0.3, -0.25) is 9.69 Å². The molecule has 2 aliphatic rings. The van der Waals surface area contributed by atoms with E-state index in [9.17, 15) is 10.1 Å². The van der Waals surface area contributed by atoms with Crippen LogP contribution >= 0.6 is 11.3 Å². The van der Waals surface area contributed by atoms with Gasteiger partial charge >= 0.3 is 0 Å². The van der Waals surface area contributed by atoms with Crippen molar-refractivity contribution >= 4 is 22.4 Å². The number of piperazine rings is 1. The van der Waals surface area contributed by atoms with Crippen LogP contribution in [0.25, 0.3) is 0 Å². The van der Waals surface area contributed by atoms with Gasteiger partial charge in [-0.25, -0.2) is 4.98 Å². The largest absolute Gasteiger partial charge is 0.346 e. The smallest absolute Gasteiger partial charge is 0.235 e. The number of thiazole rings is 1. The first-order chi connectivity index (χ1) is 11.5. The number of nitriles is 1. The molecule has 1 N–H and O–H groups in total. The quantitative estimate of drug-likeness (QED) is 0.847. The molecule has 0 radical (unpaired) electrons. The number of hydrogen-bond acceptors (Lipinski definition) is 6. The normalized spacial score (nSPS) is 21.1. The molecule has 0 spiro atoms. The summed E-state index contributed by atoms with van der Waals surface area (Å²) >= 11 is 1.76. The molecule has 2 fully saturated rings. The van der Waals surface area contributed by atoms with Gasteiger partial charge in [-0.15, -0.1) is 11.3 Å². The Hall–Kier alpha value is -1.65. The molecule has 7 heteroatoms. The Labute approximate surface area is 147 Å². The molecule has 1 atom stereocenters. The highest BCUT2D eigenvalue weighted by molar-refractivity contribution is 7.15. The standard InChI is InChI=1S/C17H25N5OS/c1-3-14-10-19-16(24-14)22-8-6-21(7-9-22)11-15(23)20-17(2,12-18)13-4-5-13/h10,13H,3-9,11H2,1-2H3,(H,20,23). The van der Waals surface area contributed by atoms with Crippen molar-refractivity contribution < 1.29 is 4.79 Å². The average molecular weight is 347 g/mol. The topological polar surface area (TPSA) is 72.3 Å². The second-order valence-electron chi connectivity index (χ2n) is 6.86. The summed E-state index contributed by atoms with van der Waals surface area (Å²) in [6.07, 6.45) is 5.06. The van der Waals surface area contributed by atoms with Crippen LogP contribution in [0.15, 0.2) is 6.20 Å². The molecule has 6 nitrogen and oxygen atoms in total. The number of aryl methyl sites for hydroxylation is 1. The van der Waals surface area contributed by atoms with E-state index in [1.807, 2.05) is 13.1 Å². The van der Waals surface area contributed by atoms with Crippen molar-refractivity contribution in [2.75, 3.05) is 37.6 Å². The SMILES string of the molecule is CCc1cnc(N2CCN(CC(=O)NC(C)(C#N)C3CC3)CC2)s1. The molecule has 130 valence electrons. The minimum Gasteiger partial charge on any atom is -0.346 e. The van der Waals surface area contributed by atoms with Gasteiger partial charge in [0.2, 0.25) is 5.91 Å². The number of anilines is 1. The van der Waals surface area contributed by atoms with E-state index in [1.165, 1.54) is 4.88 Å². The van der Waals surface area contributed by atoms with Crippen molar-refractivity contribution in [1.82, 2.24) is 15.2 Å². The zero-order valence-electron chi connectivity index (χ0n) is 14.4. The summed E-state index contributed by atoms with van der Waals surface area (Å²) in [7, 11) is 0. The van der Waals surface area contributed by atoms with Crippen LogP contribution in [-0.2, 0) is 11.2 Å². The highest BCUT2D eigenvalue weighted by Crippen LogP contribution is 2.39. The van der Waals surface area contributed by atoms with Gasteiger partial charge in [0, 0.05) is 37.3 Å². The Kier molecular flexibility index (Phi) is 5.07. The van der Waals surface area contributed by atoms with Crippen LogP contribution in [0, 0.1) is 17.2 Å². The Morgan fingerprint density at radius 2 is 2.17 bits per heavy atom. The van der Waals surface area contributed by atoms with Gasteiger partial charge in [0.05, 0.1) is 12.6 Å². The second kappa shape index (κ2) is 7.08. The van der Waals surface area contributed by atoms with E-state index >= 15 is 0 Å². The van der Waals surface area contributed by atoms with E-state index < -0.39 is 5.54 Å². The predicted octanol–water partition coefficient (Wildman–Crippen LogP) is 1.64.